The third-order valence-electron chi connectivity index (χ3n) is 1.35. The monoisotopic (exact) mass is 175 g/mol. The van der Waals surface area contributed by atoms with Crippen molar-refractivity contribution in [1.82, 2.24) is 0 Å². The van der Waals surface area contributed by atoms with Crippen molar-refractivity contribution in [2.24, 2.45) is 0 Å². The van der Waals surface area contributed by atoms with E-state index in [1.54, 1.807) is 6.07 Å². The highest BCUT2D eigenvalue weighted by Gasteiger charge is 2.02. The predicted octanol–water partition coefficient (Wildman–Crippen LogP) is 2.88. The van der Waals surface area contributed by atoms with E-state index in [0.717, 1.165) is 5.56 Å². The van der Waals surface area contributed by atoms with Gasteiger partial charge in [-0.25, -0.2) is 0 Å². The minimum Gasteiger partial charge on any atom is -0.397 e. The number of rotatable bonds is 0. The summed E-state index contributed by atoms with van der Waals surface area (Å²) in [5.74, 6) is 0. The van der Waals surface area contributed by atoms with E-state index in [2.05, 4.69) is 0 Å². The highest BCUT2D eigenvalue weighted by molar-refractivity contribution is 6.43. The lowest BCUT2D eigenvalue weighted by Crippen LogP contribution is -1.90. The molecule has 0 fully saturated rings. The van der Waals surface area contributed by atoms with Crippen molar-refractivity contribution in [2.45, 2.75) is 6.92 Å². The first-order chi connectivity index (χ1) is 4.63. The average molecular weight is 176 g/mol. The van der Waals surface area contributed by atoms with Gasteiger partial charge in [-0.2, -0.15) is 0 Å². The number of aryl methyl sites for hydroxylation is 1. The molecule has 0 amide bonds. The second kappa shape index (κ2) is 2.69. The standard InChI is InChI=1S/C7H7Cl2N/c1-4-2-3-5(8)6(9)7(4)10/h2-3H,10H2,1H3. The number of hydrogen-bond acceptors (Lipinski definition) is 1. The highest BCUT2D eigenvalue weighted by Crippen LogP contribution is 2.29. The molecular weight excluding hydrogens is 169 g/mol. The summed E-state index contributed by atoms with van der Waals surface area (Å²) < 4.78 is 0. The Morgan fingerprint density at radius 3 is 2.40 bits per heavy atom. The lowest BCUT2D eigenvalue weighted by molar-refractivity contribution is 1.47. The molecule has 0 saturated heterocycles. The molecule has 2 N–H and O–H groups in total. The molecule has 1 aromatic carbocycles. The van der Waals surface area contributed by atoms with E-state index in [0.29, 0.717) is 15.7 Å². The first kappa shape index (κ1) is 7.70. The molecule has 10 heavy (non-hydrogen) atoms. The van der Waals surface area contributed by atoms with Gasteiger partial charge in [0.25, 0.3) is 0 Å². The van der Waals surface area contributed by atoms with Crippen molar-refractivity contribution in [3.8, 4) is 0 Å². The molecule has 1 aromatic rings. The second-order valence-corrected chi connectivity index (χ2v) is 2.88. The van der Waals surface area contributed by atoms with Gasteiger partial charge in [0.1, 0.15) is 0 Å². The summed E-state index contributed by atoms with van der Waals surface area (Å²) >= 11 is 11.4. The number of nitrogen functional groups attached to an aromatic ring is 1. The van der Waals surface area contributed by atoms with Crippen LogP contribution in [-0.2, 0) is 0 Å². The van der Waals surface area contributed by atoms with Crippen LogP contribution >= 0.6 is 23.2 Å². The lowest BCUT2D eigenvalue weighted by atomic mass is 10.2. The van der Waals surface area contributed by atoms with Crippen LogP contribution in [0.15, 0.2) is 12.1 Å². The smallest absolute Gasteiger partial charge is 0.0824 e. The van der Waals surface area contributed by atoms with Crippen molar-refractivity contribution in [3.05, 3.63) is 27.7 Å². The molecule has 54 valence electrons. The fourth-order valence-electron chi connectivity index (χ4n) is 0.663. The van der Waals surface area contributed by atoms with Gasteiger partial charge >= 0.3 is 0 Å². The number of nitrogens with two attached hydrogens (primary N) is 1. The van der Waals surface area contributed by atoms with Crippen molar-refractivity contribution in [3.63, 3.8) is 0 Å². The van der Waals surface area contributed by atoms with Crippen LogP contribution in [0.5, 0.6) is 0 Å². The maximum absolute atomic E-state index is 5.73. The molecule has 0 atom stereocenters. The zero-order valence-corrected chi connectivity index (χ0v) is 7.00. The SMILES string of the molecule is Cc1ccc(Cl)c(Cl)c1N. The Morgan fingerprint density at radius 1 is 1.30 bits per heavy atom. The molecule has 0 unspecified atom stereocenters. The van der Waals surface area contributed by atoms with Crippen molar-refractivity contribution in [1.29, 1.82) is 0 Å². The zero-order chi connectivity index (χ0) is 7.72. The molecule has 0 aliphatic carbocycles. The molecule has 0 saturated carbocycles. The first-order valence-electron chi connectivity index (χ1n) is 2.83. The molecule has 1 rings (SSSR count). The Hall–Kier alpha value is -0.400. The van der Waals surface area contributed by atoms with Crippen LogP contribution in [0.25, 0.3) is 0 Å². The average Bonchev–Trinajstić information content (AvgIpc) is 1.93. The quantitative estimate of drug-likeness (QED) is 0.604. The van der Waals surface area contributed by atoms with Gasteiger partial charge in [0.15, 0.2) is 0 Å². The van der Waals surface area contributed by atoms with Gasteiger partial charge in [0.2, 0.25) is 0 Å². The normalized spacial score (nSPS) is 9.90. The number of halogens is 2. The minimum atomic E-state index is 0.446. The van der Waals surface area contributed by atoms with Gasteiger partial charge in [-0.15, -0.1) is 0 Å². The number of benzene rings is 1. The van der Waals surface area contributed by atoms with E-state index in [1.807, 2.05) is 13.0 Å². The Labute approximate surface area is 69.7 Å². The Bertz CT molecular complexity index is 231. The summed E-state index contributed by atoms with van der Waals surface area (Å²) in [5.41, 5.74) is 7.08. The third-order valence-corrected chi connectivity index (χ3v) is 2.17. The van der Waals surface area contributed by atoms with Crippen molar-refractivity contribution < 1.29 is 0 Å². The van der Waals surface area contributed by atoms with Crippen LogP contribution < -0.4 is 5.73 Å². The highest BCUT2D eigenvalue weighted by atomic mass is 35.5. The van der Waals surface area contributed by atoms with Crippen LogP contribution in [0.3, 0.4) is 0 Å². The molecular formula is C7H7Cl2N. The van der Waals surface area contributed by atoms with Crippen LogP contribution in [-0.4, -0.2) is 0 Å². The summed E-state index contributed by atoms with van der Waals surface area (Å²) in [4.78, 5) is 0. The Morgan fingerprint density at radius 2 is 1.90 bits per heavy atom. The summed E-state index contributed by atoms with van der Waals surface area (Å²) in [7, 11) is 0. The summed E-state index contributed by atoms with van der Waals surface area (Å²) in [6, 6.07) is 3.57. The van der Waals surface area contributed by atoms with Gasteiger partial charge in [-0.05, 0) is 18.6 Å². The van der Waals surface area contributed by atoms with Crippen molar-refractivity contribution in [2.75, 3.05) is 5.73 Å². The van der Waals surface area contributed by atoms with Crippen LogP contribution in [0.2, 0.25) is 10.0 Å². The van der Waals surface area contributed by atoms with E-state index in [1.165, 1.54) is 0 Å². The summed E-state index contributed by atoms with van der Waals surface area (Å²) in [6.45, 7) is 1.89. The fraction of sp³-hybridized carbons (Fsp3) is 0.143. The summed E-state index contributed by atoms with van der Waals surface area (Å²) in [6.07, 6.45) is 0. The molecule has 0 radical (unpaired) electrons. The van der Waals surface area contributed by atoms with Crippen LogP contribution in [0.1, 0.15) is 5.56 Å². The van der Waals surface area contributed by atoms with Gasteiger partial charge in [0.05, 0.1) is 15.7 Å². The molecule has 0 spiro atoms. The van der Waals surface area contributed by atoms with E-state index >= 15 is 0 Å². The minimum absolute atomic E-state index is 0.446. The van der Waals surface area contributed by atoms with E-state index in [9.17, 15) is 0 Å². The van der Waals surface area contributed by atoms with Gasteiger partial charge in [0, 0.05) is 0 Å². The molecule has 3 heteroatoms. The molecule has 0 bridgehead atoms. The molecule has 0 heterocycles. The number of hydrogen-bond donors (Lipinski definition) is 1. The fourth-order valence-corrected chi connectivity index (χ4v) is 1.04. The number of anilines is 1. The Balaban J connectivity index is 3.34. The lowest BCUT2D eigenvalue weighted by Gasteiger charge is -2.02. The second-order valence-electron chi connectivity index (χ2n) is 2.09. The molecule has 0 aliphatic heterocycles. The Kier molecular flexibility index (Phi) is 2.07. The van der Waals surface area contributed by atoms with Crippen molar-refractivity contribution >= 4 is 28.9 Å². The van der Waals surface area contributed by atoms with Gasteiger partial charge in [-0.3, -0.25) is 0 Å². The van der Waals surface area contributed by atoms with E-state index in [4.69, 9.17) is 28.9 Å². The third kappa shape index (κ3) is 1.20. The van der Waals surface area contributed by atoms with E-state index in [-0.39, 0.29) is 0 Å². The van der Waals surface area contributed by atoms with Gasteiger partial charge < -0.3 is 5.73 Å². The van der Waals surface area contributed by atoms with Crippen LogP contribution in [0, 0.1) is 6.92 Å². The topological polar surface area (TPSA) is 26.0 Å². The largest absolute Gasteiger partial charge is 0.397 e. The zero-order valence-electron chi connectivity index (χ0n) is 5.49. The van der Waals surface area contributed by atoms with Crippen LogP contribution in [0.4, 0.5) is 5.69 Å². The maximum Gasteiger partial charge on any atom is 0.0824 e. The first-order valence-corrected chi connectivity index (χ1v) is 3.58. The summed E-state index contributed by atoms with van der Waals surface area (Å²) in [5, 5.41) is 0.950. The van der Waals surface area contributed by atoms with Gasteiger partial charge in [-0.1, -0.05) is 29.3 Å². The molecule has 1 nitrogen and oxygen atoms in total. The van der Waals surface area contributed by atoms with E-state index < -0.39 is 0 Å². The maximum atomic E-state index is 5.73. The molecule has 0 aliphatic rings. The predicted molar refractivity (Wildman–Crippen MR) is 45.6 cm³/mol. The molecule has 0 aromatic heterocycles.